The van der Waals surface area contributed by atoms with Gasteiger partial charge < -0.3 is 0 Å². The third-order valence-electron chi connectivity index (χ3n) is 1.55. The summed E-state index contributed by atoms with van der Waals surface area (Å²) >= 11 is 1.90. The number of hydrogen-bond donors (Lipinski definition) is 0. The second kappa shape index (κ2) is 14.3. The summed E-state index contributed by atoms with van der Waals surface area (Å²) in [6, 6.07) is 8.49. The molecular weight excluding hydrogens is 212 g/mol. The van der Waals surface area contributed by atoms with Gasteiger partial charge in [-0.25, -0.2) is 0 Å². The minimum Gasteiger partial charge on any atom is -0.121 e. The molecule has 1 aromatic rings. The summed E-state index contributed by atoms with van der Waals surface area (Å²) in [6.07, 6.45) is 4.39. The van der Waals surface area contributed by atoms with Crippen LogP contribution >= 0.6 is 11.8 Å². The van der Waals surface area contributed by atoms with Gasteiger partial charge in [0.05, 0.1) is 0 Å². The van der Waals surface area contributed by atoms with Gasteiger partial charge in [0.15, 0.2) is 0 Å². The summed E-state index contributed by atoms with van der Waals surface area (Å²) in [7, 11) is 0. The zero-order valence-electron chi connectivity index (χ0n) is 11.6. The van der Waals surface area contributed by atoms with E-state index in [4.69, 9.17) is 0 Å². The Kier molecular flexibility index (Phi) is 15.8. The zero-order chi connectivity index (χ0) is 12.8. The maximum Gasteiger partial charge on any atom is 0.0164 e. The van der Waals surface area contributed by atoms with Gasteiger partial charge in [-0.05, 0) is 11.6 Å². The molecule has 1 heteroatoms. The van der Waals surface area contributed by atoms with E-state index < -0.39 is 0 Å². The van der Waals surface area contributed by atoms with E-state index in [1.165, 1.54) is 10.5 Å². The lowest BCUT2D eigenvalue weighted by Gasteiger charge is -2.07. The predicted octanol–water partition coefficient (Wildman–Crippen LogP) is 5.88. The third-order valence-corrected chi connectivity index (χ3v) is 2.59. The molecule has 0 N–H and O–H groups in total. The molecule has 0 saturated heterocycles. The molecule has 0 amide bonds. The fourth-order valence-electron chi connectivity index (χ4n) is 1.06. The van der Waals surface area contributed by atoms with E-state index in [1.807, 2.05) is 53.3 Å². The Morgan fingerprint density at radius 1 is 0.875 bits per heavy atom. The van der Waals surface area contributed by atoms with E-state index in [-0.39, 0.29) is 0 Å². The summed E-state index contributed by atoms with van der Waals surface area (Å²) in [5, 5.41) is 0. The molecule has 1 heterocycles. The first-order valence-corrected chi connectivity index (χ1v) is 7.34. The summed E-state index contributed by atoms with van der Waals surface area (Å²) < 4.78 is 0. The molecule has 0 bridgehead atoms. The predicted molar refractivity (Wildman–Crippen MR) is 80.2 cm³/mol. The van der Waals surface area contributed by atoms with Crippen LogP contribution in [0.25, 0.3) is 6.08 Å². The SMILES string of the molecule is C1=Cc2ccccc2SC1.CC.CC.CC. The summed E-state index contributed by atoms with van der Waals surface area (Å²) in [4.78, 5) is 1.41. The lowest BCUT2D eigenvalue weighted by atomic mass is 10.2. The zero-order valence-corrected chi connectivity index (χ0v) is 12.4. The van der Waals surface area contributed by atoms with Crippen LogP contribution in [-0.4, -0.2) is 5.75 Å². The minimum absolute atomic E-state index is 1.12. The van der Waals surface area contributed by atoms with Crippen molar-refractivity contribution in [3.05, 3.63) is 35.9 Å². The van der Waals surface area contributed by atoms with Gasteiger partial charge in [-0.2, -0.15) is 0 Å². The maximum absolute atomic E-state index is 2.20. The summed E-state index contributed by atoms with van der Waals surface area (Å²) in [6.45, 7) is 12.0. The topological polar surface area (TPSA) is 0 Å². The average molecular weight is 238 g/mol. The molecule has 2 rings (SSSR count). The van der Waals surface area contributed by atoms with E-state index in [1.54, 1.807) is 0 Å². The molecule has 1 aromatic carbocycles. The average Bonchev–Trinajstić information content (AvgIpc) is 2.45. The van der Waals surface area contributed by atoms with Gasteiger partial charge >= 0.3 is 0 Å². The monoisotopic (exact) mass is 238 g/mol. The highest BCUT2D eigenvalue weighted by Crippen LogP contribution is 2.27. The standard InChI is InChI=1S/C9H8S.3C2H6/c1-2-6-9-8(4-1)5-3-7-10-9;3*1-2/h1-6H,7H2;3*1-2H3. The molecular formula is C15H26S. The van der Waals surface area contributed by atoms with Crippen molar-refractivity contribution in [1.29, 1.82) is 0 Å². The number of hydrogen-bond acceptors (Lipinski definition) is 1. The number of rotatable bonds is 0. The Labute approximate surface area is 106 Å². The molecule has 16 heavy (non-hydrogen) atoms. The first-order valence-electron chi connectivity index (χ1n) is 6.35. The Balaban J connectivity index is 0. The molecule has 0 nitrogen and oxygen atoms in total. The van der Waals surface area contributed by atoms with Crippen molar-refractivity contribution >= 4 is 17.8 Å². The molecule has 0 spiro atoms. The Bertz CT molecular complexity index is 264. The molecule has 0 saturated carbocycles. The van der Waals surface area contributed by atoms with Crippen LogP contribution in [0.15, 0.2) is 35.2 Å². The first kappa shape index (κ1) is 17.7. The fraction of sp³-hybridized carbons (Fsp3) is 0.467. The summed E-state index contributed by atoms with van der Waals surface area (Å²) in [5.74, 6) is 1.12. The van der Waals surface area contributed by atoms with Crippen molar-refractivity contribution in [2.75, 3.05) is 5.75 Å². The number of benzene rings is 1. The molecule has 92 valence electrons. The van der Waals surface area contributed by atoms with Crippen LogP contribution in [0, 0.1) is 0 Å². The number of fused-ring (bicyclic) bond motifs is 1. The quantitative estimate of drug-likeness (QED) is 0.543. The number of thioether (sulfide) groups is 1. The smallest absolute Gasteiger partial charge is 0.0164 e. The van der Waals surface area contributed by atoms with Crippen LogP contribution in [0.5, 0.6) is 0 Å². The van der Waals surface area contributed by atoms with Gasteiger partial charge in [-0.3, -0.25) is 0 Å². The highest BCUT2D eigenvalue weighted by molar-refractivity contribution is 7.99. The molecule has 1 aliphatic heterocycles. The minimum atomic E-state index is 1.12. The first-order chi connectivity index (χ1) is 7.97. The molecule has 0 aliphatic carbocycles. The lowest BCUT2D eigenvalue weighted by Crippen LogP contribution is -1.84. The third kappa shape index (κ3) is 6.73. The van der Waals surface area contributed by atoms with Crippen LogP contribution in [0.4, 0.5) is 0 Å². The molecule has 0 aromatic heterocycles. The van der Waals surface area contributed by atoms with Crippen LogP contribution < -0.4 is 0 Å². The maximum atomic E-state index is 2.20. The lowest BCUT2D eigenvalue weighted by molar-refractivity contribution is 1.40. The summed E-state index contributed by atoms with van der Waals surface area (Å²) in [5.41, 5.74) is 1.36. The van der Waals surface area contributed by atoms with E-state index in [0.29, 0.717) is 0 Å². The van der Waals surface area contributed by atoms with Gasteiger partial charge in [0.1, 0.15) is 0 Å². The Hall–Kier alpha value is -0.690. The van der Waals surface area contributed by atoms with E-state index in [9.17, 15) is 0 Å². The van der Waals surface area contributed by atoms with Gasteiger partial charge in [0, 0.05) is 10.6 Å². The van der Waals surface area contributed by atoms with Crippen molar-refractivity contribution < 1.29 is 0 Å². The van der Waals surface area contributed by atoms with Gasteiger partial charge in [-0.1, -0.05) is 71.9 Å². The fourth-order valence-corrected chi connectivity index (χ4v) is 1.91. The van der Waals surface area contributed by atoms with Crippen LogP contribution in [-0.2, 0) is 0 Å². The molecule has 0 radical (unpaired) electrons. The van der Waals surface area contributed by atoms with E-state index >= 15 is 0 Å². The highest BCUT2D eigenvalue weighted by atomic mass is 32.2. The van der Waals surface area contributed by atoms with Crippen molar-refractivity contribution in [1.82, 2.24) is 0 Å². The van der Waals surface area contributed by atoms with Crippen molar-refractivity contribution in [2.45, 2.75) is 46.4 Å². The Morgan fingerprint density at radius 3 is 2.00 bits per heavy atom. The van der Waals surface area contributed by atoms with Gasteiger partial charge in [-0.15, -0.1) is 11.8 Å². The van der Waals surface area contributed by atoms with Crippen LogP contribution in [0.1, 0.15) is 47.1 Å². The largest absolute Gasteiger partial charge is 0.121 e. The second-order valence-electron chi connectivity index (χ2n) is 2.25. The molecule has 0 unspecified atom stereocenters. The van der Waals surface area contributed by atoms with Crippen LogP contribution in [0.3, 0.4) is 0 Å². The highest BCUT2D eigenvalue weighted by Gasteiger charge is 2.00. The molecule has 0 fully saturated rings. The van der Waals surface area contributed by atoms with E-state index in [0.717, 1.165) is 5.75 Å². The molecule has 0 atom stereocenters. The van der Waals surface area contributed by atoms with Crippen molar-refractivity contribution in [3.8, 4) is 0 Å². The normalized spacial score (nSPS) is 10.4. The van der Waals surface area contributed by atoms with Gasteiger partial charge in [0.2, 0.25) is 0 Å². The van der Waals surface area contributed by atoms with Crippen molar-refractivity contribution in [3.63, 3.8) is 0 Å². The second-order valence-corrected chi connectivity index (χ2v) is 3.31. The Morgan fingerprint density at radius 2 is 1.44 bits per heavy atom. The van der Waals surface area contributed by atoms with Gasteiger partial charge in [0.25, 0.3) is 0 Å². The van der Waals surface area contributed by atoms with Crippen molar-refractivity contribution in [2.24, 2.45) is 0 Å². The molecule has 1 aliphatic rings. The van der Waals surface area contributed by atoms with Crippen LogP contribution in [0.2, 0.25) is 0 Å². The van der Waals surface area contributed by atoms with E-state index in [2.05, 4.69) is 36.4 Å².